The molecule has 1 aliphatic heterocycles. The summed E-state index contributed by atoms with van der Waals surface area (Å²) in [6.45, 7) is 3.52. The number of benzene rings is 2. The second-order valence-corrected chi connectivity index (χ2v) is 6.77. The molecule has 3 aromatic rings. The van der Waals surface area contributed by atoms with Crippen LogP contribution in [0.2, 0.25) is 0 Å². The Morgan fingerprint density at radius 1 is 1.16 bits per heavy atom. The van der Waals surface area contributed by atoms with Crippen LogP contribution in [-0.2, 0) is 16.1 Å². The number of para-hydroxylation sites is 1. The summed E-state index contributed by atoms with van der Waals surface area (Å²) in [7, 11) is 0. The fraction of sp³-hybridized carbons (Fsp3) is 0.261. The van der Waals surface area contributed by atoms with E-state index >= 15 is 0 Å². The highest BCUT2D eigenvalue weighted by Gasteiger charge is 2.28. The van der Waals surface area contributed by atoms with Crippen molar-refractivity contribution in [3.63, 3.8) is 0 Å². The van der Waals surface area contributed by atoms with Gasteiger partial charge in [0.15, 0.2) is 0 Å². The Hall–Kier alpha value is -3.81. The zero-order chi connectivity index (χ0) is 22.1. The first-order valence-corrected chi connectivity index (χ1v) is 9.98. The Morgan fingerprint density at radius 3 is 2.58 bits per heavy atom. The van der Waals surface area contributed by atoms with E-state index in [1.54, 1.807) is 0 Å². The van der Waals surface area contributed by atoms with E-state index in [9.17, 15) is 4.79 Å². The van der Waals surface area contributed by atoms with Crippen LogP contribution in [0, 0.1) is 0 Å². The van der Waals surface area contributed by atoms with Gasteiger partial charge in [0.05, 0.1) is 6.33 Å². The number of carbonyl (C=O) groups excluding carboxylic acids is 1. The lowest BCUT2D eigenvalue weighted by Gasteiger charge is -2.26. The molecule has 8 nitrogen and oxygen atoms in total. The van der Waals surface area contributed by atoms with Gasteiger partial charge in [-0.05, 0) is 30.7 Å². The molecule has 8 heteroatoms. The molecular formula is C23H25N3O5. The van der Waals surface area contributed by atoms with Crippen LogP contribution in [0.4, 0.5) is 5.69 Å². The van der Waals surface area contributed by atoms with Crippen molar-refractivity contribution in [2.75, 3.05) is 18.5 Å². The van der Waals surface area contributed by atoms with Gasteiger partial charge in [0.2, 0.25) is 5.91 Å². The number of hydrogen-bond donors (Lipinski definition) is 2. The highest BCUT2D eigenvalue weighted by atomic mass is 16.5. The maximum absolute atomic E-state index is 12.3. The summed E-state index contributed by atoms with van der Waals surface area (Å²) in [5.41, 5.74) is 2.94. The van der Waals surface area contributed by atoms with Gasteiger partial charge in [-0.1, -0.05) is 24.3 Å². The Kier molecular flexibility index (Phi) is 7.64. The second-order valence-electron chi connectivity index (χ2n) is 6.77. The number of nitrogens with zero attached hydrogens (tertiary/aromatic N) is 2. The van der Waals surface area contributed by atoms with Crippen LogP contribution >= 0.6 is 0 Å². The van der Waals surface area contributed by atoms with E-state index in [0.717, 1.165) is 29.2 Å². The molecule has 162 valence electrons. The normalized spacial score (nSPS) is 14.5. The molecule has 1 unspecified atom stereocenters. The molecule has 1 amide bonds. The monoisotopic (exact) mass is 423 g/mol. The van der Waals surface area contributed by atoms with Crippen molar-refractivity contribution in [2.45, 2.75) is 25.8 Å². The maximum atomic E-state index is 12.3. The van der Waals surface area contributed by atoms with Crippen molar-refractivity contribution in [1.82, 2.24) is 9.55 Å². The van der Waals surface area contributed by atoms with Gasteiger partial charge in [-0.15, -0.1) is 0 Å². The van der Waals surface area contributed by atoms with E-state index < -0.39 is 0 Å². The Morgan fingerprint density at radius 2 is 1.87 bits per heavy atom. The Labute approximate surface area is 180 Å². The predicted molar refractivity (Wildman–Crippen MR) is 116 cm³/mol. The molecule has 2 aromatic carbocycles. The third kappa shape index (κ3) is 5.63. The molecule has 1 aromatic heterocycles. The van der Waals surface area contributed by atoms with E-state index in [0.29, 0.717) is 25.4 Å². The van der Waals surface area contributed by atoms with Crippen LogP contribution in [0.15, 0.2) is 61.1 Å². The second kappa shape index (κ2) is 10.8. The van der Waals surface area contributed by atoms with Crippen LogP contribution in [0.1, 0.15) is 30.5 Å². The highest BCUT2D eigenvalue weighted by molar-refractivity contribution is 5.95. The van der Waals surface area contributed by atoms with E-state index in [4.69, 9.17) is 19.4 Å². The molecule has 0 bridgehead atoms. The molecule has 2 heterocycles. The summed E-state index contributed by atoms with van der Waals surface area (Å²) in [4.78, 5) is 24.9. The molecule has 0 spiro atoms. The summed E-state index contributed by atoms with van der Waals surface area (Å²) in [6, 6.07) is 15.5. The molecule has 0 fully saturated rings. The first-order chi connectivity index (χ1) is 15.2. The first-order valence-electron chi connectivity index (χ1n) is 9.98. The molecule has 1 aliphatic rings. The molecule has 4 rings (SSSR count). The average Bonchev–Trinajstić information content (AvgIpc) is 3.26. The highest BCUT2D eigenvalue weighted by Crippen LogP contribution is 2.38. The standard InChI is InChI=1S/C22H23N3O3.CH2O2/c1-2-25-15-23-14-21(25)19-13-22(26)24-20-12-17(8-9-18(19)20)28-11-10-27-16-6-4-3-5-7-16;2-1-3/h3-9,12,14-15,19H,2,10-11,13H2,1H3,(H,24,26);1H,(H,2,3). The molecular weight excluding hydrogens is 398 g/mol. The smallest absolute Gasteiger partial charge is 0.290 e. The third-order valence-electron chi connectivity index (χ3n) is 4.87. The van der Waals surface area contributed by atoms with Crippen LogP contribution in [-0.4, -0.2) is 40.3 Å². The largest absolute Gasteiger partial charge is 0.490 e. The lowest BCUT2D eigenvalue weighted by atomic mass is 9.88. The SMILES string of the molecule is CCn1cncc1C1CC(=O)Nc2cc(OCCOc3ccccc3)ccc21.O=CO. The van der Waals surface area contributed by atoms with Gasteiger partial charge in [-0.25, -0.2) is 4.98 Å². The number of fused-ring (bicyclic) bond motifs is 1. The maximum Gasteiger partial charge on any atom is 0.290 e. The van der Waals surface area contributed by atoms with E-state index in [1.807, 2.05) is 61.1 Å². The number of rotatable bonds is 7. The molecule has 1 atom stereocenters. The van der Waals surface area contributed by atoms with Crippen LogP contribution in [0.25, 0.3) is 0 Å². The van der Waals surface area contributed by atoms with Crippen molar-refractivity contribution in [3.8, 4) is 11.5 Å². The fourth-order valence-corrected chi connectivity index (χ4v) is 3.52. The minimum atomic E-state index is -0.250. The summed E-state index contributed by atoms with van der Waals surface area (Å²) in [5.74, 6) is 1.53. The summed E-state index contributed by atoms with van der Waals surface area (Å²) < 4.78 is 13.5. The summed E-state index contributed by atoms with van der Waals surface area (Å²) >= 11 is 0. The molecule has 0 aliphatic carbocycles. The minimum absolute atomic E-state index is 0.00154. The Bertz CT molecular complexity index is 1000. The number of aromatic nitrogens is 2. The molecule has 31 heavy (non-hydrogen) atoms. The molecule has 2 N–H and O–H groups in total. The number of imidazole rings is 1. The van der Waals surface area contributed by atoms with Crippen LogP contribution < -0.4 is 14.8 Å². The van der Waals surface area contributed by atoms with Gasteiger partial charge in [0.1, 0.15) is 24.7 Å². The van der Waals surface area contributed by atoms with Crippen molar-refractivity contribution < 1.29 is 24.2 Å². The quantitative estimate of drug-likeness (QED) is 0.445. The number of anilines is 1. The zero-order valence-corrected chi connectivity index (χ0v) is 17.2. The Balaban J connectivity index is 0.000000858. The number of ether oxygens (including phenoxy) is 2. The van der Waals surface area contributed by atoms with E-state index in [-0.39, 0.29) is 18.3 Å². The van der Waals surface area contributed by atoms with Crippen LogP contribution in [0.3, 0.4) is 0 Å². The van der Waals surface area contributed by atoms with Crippen molar-refractivity contribution >= 4 is 18.1 Å². The van der Waals surface area contributed by atoms with Gasteiger partial charge in [0, 0.05) is 42.5 Å². The van der Waals surface area contributed by atoms with E-state index in [2.05, 4.69) is 21.8 Å². The van der Waals surface area contributed by atoms with Gasteiger partial charge in [-0.2, -0.15) is 0 Å². The molecule has 0 saturated heterocycles. The van der Waals surface area contributed by atoms with Gasteiger partial charge in [0.25, 0.3) is 6.47 Å². The van der Waals surface area contributed by atoms with Gasteiger partial charge in [-0.3, -0.25) is 9.59 Å². The number of hydrogen-bond acceptors (Lipinski definition) is 5. The zero-order valence-electron chi connectivity index (χ0n) is 17.2. The number of nitrogens with one attached hydrogen (secondary N) is 1. The van der Waals surface area contributed by atoms with Gasteiger partial charge >= 0.3 is 0 Å². The topological polar surface area (TPSA) is 103 Å². The summed E-state index contributed by atoms with van der Waals surface area (Å²) in [6.07, 6.45) is 4.08. The fourth-order valence-electron chi connectivity index (χ4n) is 3.52. The van der Waals surface area contributed by atoms with Crippen molar-refractivity contribution in [1.29, 1.82) is 0 Å². The molecule has 0 saturated carbocycles. The minimum Gasteiger partial charge on any atom is -0.490 e. The number of carboxylic acid groups (broad SMARTS) is 1. The predicted octanol–water partition coefficient (Wildman–Crippen LogP) is 3.54. The van der Waals surface area contributed by atoms with E-state index in [1.165, 1.54) is 0 Å². The average molecular weight is 423 g/mol. The third-order valence-corrected chi connectivity index (χ3v) is 4.87. The number of carbonyl (C=O) groups is 2. The summed E-state index contributed by atoms with van der Waals surface area (Å²) in [5, 5.41) is 9.85. The van der Waals surface area contributed by atoms with Crippen molar-refractivity contribution in [3.05, 3.63) is 72.3 Å². The van der Waals surface area contributed by atoms with Crippen LogP contribution in [0.5, 0.6) is 11.5 Å². The van der Waals surface area contributed by atoms with Crippen molar-refractivity contribution in [2.24, 2.45) is 0 Å². The lowest BCUT2D eigenvalue weighted by molar-refractivity contribution is -0.123. The number of aryl methyl sites for hydroxylation is 1. The number of amides is 1. The lowest BCUT2D eigenvalue weighted by Crippen LogP contribution is -2.25. The van der Waals surface area contributed by atoms with Gasteiger partial charge < -0.3 is 24.5 Å². The first kappa shape index (κ1) is 21.9. The molecule has 0 radical (unpaired) electrons.